The number of aromatic nitrogens is 2. The Labute approximate surface area is 233 Å². The Balaban J connectivity index is 1.49. The van der Waals surface area contributed by atoms with Crippen LogP contribution in [0.2, 0.25) is 0 Å². The molecule has 5 rings (SSSR count). The van der Waals surface area contributed by atoms with Crippen LogP contribution >= 0.6 is 0 Å². The number of nitrogens with zero attached hydrogens (tertiary/aromatic N) is 2. The van der Waals surface area contributed by atoms with Gasteiger partial charge in [-0.2, -0.15) is 0 Å². The minimum absolute atomic E-state index is 0.00401. The lowest BCUT2D eigenvalue weighted by Gasteiger charge is -2.13. The van der Waals surface area contributed by atoms with Crippen molar-refractivity contribution >= 4 is 18.0 Å². The first-order valence-electron chi connectivity index (χ1n) is 12.2. The lowest BCUT2D eigenvalue weighted by molar-refractivity contribution is -0.132. The fraction of sp³-hybridized carbons (Fsp3) is 0.172. The van der Waals surface area contributed by atoms with E-state index in [4.69, 9.17) is 28.2 Å². The monoisotopic (exact) mass is 560 g/mol. The molecule has 0 spiro atoms. The van der Waals surface area contributed by atoms with E-state index in [0.717, 1.165) is 0 Å². The first-order valence-corrected chi connectivity index (χ1v) is 12.2. The molecule has 41 heavy (non-hydrogen) atoms. The van der Waals surface area contributed by atoms with Crippen molar-refractivity contribution in [2.24, 2.45) is 0 Å². The van der Waals surface area contributed by atoms with Gasteiger partial charge in [0.25, 0.3) is 0 Å². The molecule has 0 atom stereocenters. The number of aromatic carboxylic acids is 1. The number of benzene rings is 2. The first-order chi connectivity index (χ1) is 19.9. The number of carboxylic acid groups (broad SMARTS) is 2. The summed E-state index contributed by atoms with van der Waals surface area (Å²) in [6, 6.07) is 11.3. The zero-order valence-electron chi connectivity index (χ0n) is 21.9. The second kappa shape index (κ2) is 11.7. The average molecular weight is 561 g/mol. The van der Waals surface area contributed by atoms with Gasteiger partial charge in [-0.15, -0.1) is 0 Å². The SMILES string of the molecule is COc1cc(OCc2ccccc2C(=O)O)c(-c2nocc2C=C(Cc2cc3c(cc2OC)OCO3)C(=O)O)cn1. The molecule has 2 N–H and O–H groups in total. The maximum absolute atomic E-state index is 12.3. The van der Waals surface area contributed by atoms with E-state index in [0.29, 0.717) is 39.5 Å². The van der Waals surface area contributed by atoms with Crippen molar-refractivity contribution in [1.29, 1.82) is 0 Å². The van der Waals surface area contributed by atoms with Gasteiger partial charge in [-0.25, -0.2) is 14.6 Å². The fourth-order valence-electron chi connectivity index (χ4n) is 4.26. The van der Waals surface area contributed by atoms with Crippen molar-refractivity contribution in [3.05, 3.63) is 82.8 Å². The van der Waals surface area contributed by atoms with Crippen LogP contribution in [-0.4, -0.2) is 53.3 Å². The van der Waals surface area contributed by atoms with Gasteiger partial charge in [-0.05, 0) is 18.2 Å². The lowest BCUT2D eigenvalue weighted by atomic mass is 10.00. The van der Waals surface area contributed by atoms with Crippen LogP contribution in [0, 0.1) is 0 Å². The highest BCUT2D eigenvalue weighted by atomic mass is 16.7. The molecule has 1 aliphatic heterocycles. The molecule has 12 heteroatoms. The zero-order valence-corrected chi connectivity index (χ0v) is 21.9. The molecule has 0 amide bonds. The predicted octanol–water partition coefficient (Wildman–Crippen LogP) is 4.47. The molecule has 0 saturated heterocycles. The largest absolute Gasteiger partial charge is 0.496 e. The molecule has 210 valence electrons. The van der Waals surface area contributed by atoms with Crippen molar-refractivity contribution in [3.8, 4) is 40.1 Å². The van der Waals surface area contributed by atoms with Gasteiger partial charge in [0.2, 0.25) is 12.7 Å². The van der Waals surface area contributed by atoms with Gasteiger partial charge in [0.15, 0.2) is 11.5 Å². The van der Waals surface area contributed by atoms with Gasteiger partial charge in [0.05, 0.1) is 25.3 Å². The van der Waals surface area contributed by atoms with Gasteiger partial charge < -0.3 is 38.4 Å². The van der Waals surface area contributed by atoms with Crippen LogP contribution in [0.25, 0.3) is 17.3 Å². The number of rotatable bonds is 11. The highest BCUT2D eigenvalue weighted by Gasteiger charge is 2.22. The molecule has 0 bridgehead atoms. The predicted molar refractivity (Wildman–Crippen MR) is 142 cm³/mol. The van der Waals surface area contributed by atoms with Crippen LogP contribution in [0.1, 0.15) is 27.0 Å². The topological polar surface area (TPSA) is 160 Å². The Kier molecular flexibility index (Phi) is 7.72. The highest BCUT2D eigenvalue weighted by molar-refractivity contribution is 5.94. The van der Waals surface area contributed by atoms with E-state index < -0.39 is 11.9 Å². The Hall–Kier alpha value is -5.52. The van der Waals surface area contributed by atoms with Gasteiger partial charge in [0, 0.05) is 47.0 Å². The van der Waals surface area contributed by atoms with Crippen LogP contribution in [0.5, 0.6) is 28.9 Å². The summed E-state index contributed by atoms with van der Waals surface area (Å²) in [6.07, 6.45) is 4.19. The number of hydrogen-bond acceptors (Lipinski definition) is 10. The minimum Gasteiger partial charge on any atom is -0.496 e. The third kappa shape index (κ3) is 5.76. The van der Waals surface area contributed by atoms with E-state index in [2.05, 4.69) is 10.1 Å². The smallest absolute Gasteiger partial charge is 0.336 e. The van der Waals surface area contributed by atoms with Crippen LogP contribution in [0.4, 0.5) is 0 Å². The van der Waals surface area contributed by atoms with E-state index in [1.165, 1.54) is 44.9 Å². The van der Waals surface area contributed by atoms with Crippen molar-refractivity contribution < 1.29 is 48.0 Å². The molecule has 2 aromatic heterocycles. The average Bonchev–Trinajstić information content (AvgIpc) is 3.64. The maximum atomic E-state index is 12.3. The Morgan fingerprint density at radius 3 is 2.51 bits per heavy atom. The maximum Gasteiger partial charge on any atom is 0.336 e. The molecule has 0 saturated carbocycles. The molecule has 0 radical (unpaired) electrons. The summed E-state index contributed by atoms with van der Waals surface area (Å²) in [4.78, 5) is 28.2. The Bertz CT molecular complexity index is 1640. The number of hydrogen-bond donors (Lipinski definition) is 2. The highest BCUT2D eigenvalue weighted by Crippen LogP contribution is 2.39. The molecule has 1 aliphatic rings. The molecule has 0 unspecified atom stereocenters. The van der Waals surface area contributed by atoms with E-state index in [1.807, 2.05) is 0 Å². The minimum atomic E-state index is -1.16. The summed E-state index contributed by atoms with van der Waals surface area (Å²) in [5, 5.41) is 23.6. The molecular formula is C29H24N2O10. The third-order valence-electron chi connectivity index (χ3n) is 6.29. The second-order valence-corrected chi connectivity index (χ2v) is 8.76. The van der Waals surface area contributed by atoms with Gasteiger partial charge in [-0.1, -0.05) is 23.4 Å². The van der Waals surface area contributed by atoms with Crippen LogP contribution < -0.4 is 23.7 Å². The summed E-state index contributed by atoms with van der Waals surface area (Å²) in [7, 11) is 2.93. The van der Waals surface area contributed by atoms with Crippen molar-refractivity contribution in [2.75, 3.05) is 21.0 Å². The van der Waals surface area contributed by atoms with Gasteiger partial charge in [-0.3, -0.25) is 0 Å². The normalized spacial score (nSPS) is 12.2. The molecule has 0 fully saturated rings. The summed E-state index contributed by atoms with van der Waals surface area (Å²) in [5.74, 6) is -0.270. The standard InChI is InChI=1S/C29H24N2O10/c1-36-22-10-25-24(39-15-40-25)9-17(22)7-18(28(32)33)8-19-14-41-31-27(19)21-12-30-26(37-2)11-23(21)38-13-16-5-3-4-6-20(16)29(34)35/h3-6,8-12,14H,7,13,15H2,1-2H3,(H,32,33)(H,34,35). The summed E-state index contributed by atoms with van der Waals surface area (Å²) in [5.41, 5.74) is 2.14. The lowest BCUT2D eigenvalue weighted by Crippen LogP contribution is -2.06. The molecular weight excluding hydrogens is 536 g/mol. The Morgan fingerprint density at radius 1 is 1.00 bits per heavy atom. The van der Waals surface area contributed by atoms with E-state index in [1.54, 1.807) is 30.3 Å². The summed E-state index contributed by atoms with van der Waals surface area (Å²) in [6.45, 7) is -0.00817. The molecule has 0 aliphatic carbocycles. The first kappa shape index (κ1) is 27.1. The van der Waals surface area contributed by atoms with Gasteiger partial charge >= 0.3 is 11.9 Å². The second-order valence-electron chi connectivity index (χ2n) is 8.76. The number of carbonyl (C=O) groups is 2. The third-order valence-corrected chi connectivity index (χ3v) is 6.29. The number of ether oxygens (including phenoxy) is 5. The number of carboxylic acids is 2. The number of aliphatic carboxylic acids is 1. The van der Waals surface area contributed by atoms with E-state index >= 15 is 0 Å². The van der Waals surface area contributed by atoms with Crippen molar-refractivity contribution in [3.63, 3.8) is 0 Å². The number of fused-ring (bicyclic) bond motifs is 1. The van der Waals surface area contributed by atoms with E-state index in [-0.39, 0.29) is 48.3 Å². The molecule has 3 heterocycles. The molecule has 12 nitrogen and oxygen atoms in total. The van der Waals surface area contributed by atoms with Crippen LogP contribution in [-0.2, 0) is 17.8 Å². The Morgan fingerprint density at radius 2 is 1.78 bits per heavy atom. The van der Waals surface area contributed by atoms with Gasteiger partial charge in [0.1, 0.15) is 30.1 Å². The quantitative estimate of drug-likeness (QED) is 0.248. The summed E-state index contributed by atoms with van der Waals surface area (Å²) < 4.78 is 32.7. The van der Waals surface area contributed by atoms with Crippen molar-refractivity contribution in [2.45, 2.75) is 13.0 Å². The summed E-state index contributed by atoms with van der Waals surface area (Å²) >= 11 is 0. The molecule has 2 aromatic carbocycles. The van der Waals surface area contributed by atoms with Crippen LogP contribution in [0.3, 0.4) is 0 Å². The number of pyridine rings is 1. The van der Waals surface area contributed by atoms with E-state index in [9.17, 15) is 19.8 Å². The molecule has 4 aromatic rings. The number of methoxy groups -OCH3 is 2. The van der Waals surface area contributed by atoms with Crippen LogP contribution in [0.15, 0.2) is 65.0 Å². The zero-order chi connectivity index (χ0) is 28.9. The fourth-order valence-corrected chi connectivity index (χ4v) is 4.26. The van der Waals surface area contributed by atoms with Crippen molar-refractivity contribution in [1.82, 2.24) is 10.1 Å².